The van der Waals surface area contributed by atoms with Gasteiger partial charge in [0.15, 0.2) is 0 Å². The third-order valence-corrected chi connectivity index (χ3v) is 2.57. The quantitative estimate of drug-likeness (QED) is 0.882. The fourth-order valence-electron chi connectivity index (χ4n) is 1.67. The van der Waals surface area contributed by atoms with Crippen LogP contribution < -0.4 is 0 Å². The van der Waals surface area contributed by atoms with Crippen LogP contribution in [0.25, 0.3) is 0 Å². The fraction of sp³-hybridized carbons (Fsp3) is 0.462. The Balaban J connectivity index is 2.93. The van der Waals surface area contributed by atoms with E-state index in [9.17, 15) is 9.90 Å². The van der Waals surface area contributed by atoms with Crippen molar-refractivity contribution in [3.63, 3.8) is 0 Å². The van der Waals surface area contributed by atoms with Gasteiger partial charge in [-0.2, -0.15) is 0 Å². The lowest BCUT2D eigenvalue weighted by Crippen LogP contribution is -2.34. The lowest BCUT2D eigenvalue weighted by molar-refractivity contribution is 0.0745. The zero-order chi connectivity index (χ0) is 13.2. The molecule has 0 spiro atoms. The smallest absolute Gasteiger partial charge is 0.255 e. The van der Waals surface area contributed by atoms with Gasteiger partial charge in [-0.3, -0.25) is 4.79 Å². The van der Waals surface area contributed by atoms with Crippen molar-refractivity contribution in [3.05, 3.63) is 28.8 Å². The summed E-state index contributed by atoms with van der Waals surface area (Å²) in [6.45, 7) is 6.79. The highest BCUT2D eigenvalue weighted by Gasteiger charge is 2.20. The molecule has 0 unspecified atom stereocenters. The fourth-order valence-corrected chi connectivity index (χ4v) is 1.86. The van der Waals surface area contributed by atoms with Gasteiger partial charge in [-0.15, -0.1) is 0 Å². The van der Waals surface area contributed by atoms with Crippen molar-refractivity contribution in [1.82, 2.24) is 4.90 Å². The van der Waals surface area contributed by atoms with Gasteiger partial charge in [0.25, 0.3) is 5.91 Å². The maximum absolute atomic E-state index is 12.1. The summed E-state index contributed by atoms with van der Waals surface area (Å²) in [6.07, 6.45) is 0. The molecule has 0 aromatic heterocycles. The molecule has 1 aromatic rings. The Kier molecular flexibility index (Phi) is 4.04. The van der Waals surface area contributed by atoms with E-state index >= 15 is 0 Å². The molecular formula is C13H18ClNO2. The number of carbonyl (C=O) groups excluding carboxylic acids is 1. The van der Waals surface area contributed by atoms with Crippen LogP contribution in [-0.2, 0) is 0 Å². The monoisotopic (exact) mass is 255 g/mol. The van der Waals surface area contributed by atoms with Crippen molar-refractivity contribution in [2.75, 3.05) is 13.6 Å². The molecule has 17 heavy (non-hydrogen) atoms. The number of amides is 1. The molecule has 1 N–H and O–H groups in total. The number of aromatic hydroxyl groups is 1. The number of carbonyl (C=O) groups is 1. The third-order valence-electron chi connectivity index (χ3n) is 2.24. The van der Waals surface area contributed by atoms with Crippen molar-refractivity contribution < 1.29 is 9.90 Å². The van der Waals surface area contributed by atoms with Crippen LogP contribution in [0, 0.1) is 5.41 Å². The first-order valence-corrected chi connectivity index (χ1v) is 5.82. The Hall–Kier alpha value is -1.22. The van der Waals surface area contributed by atoms with Gasteiger partial charge in [-0.25, -0.2) is 0 Å². The number of hydrogen-bond acceptors (Lipinski definition) is 2. The lowest BCUT2D eigenvalue weighted by Gasteiger charge is -2.26. The Bertz CT molecular complexity index is 424. The maximum Gasteiger partial charge on any atom is 0.255 e. The summed E-state index contributed by atoms with van der Waals surface area (Å²) < 4.78 is 0. The molecule has 0 aliphatic carbocycles. The molecule has 0 radical (unpaired) electrons. The number of phenolic OH excluding ortho intramolecular Hbond substituents is 1. The SMILES string of the molecule is CN(CC(C)(C)C)C(=O)c1cc(O)ccc1Cl. The van der Waals surface area contributed by atoms with Gasteiger partial charge in [-0.1, -0.05) is 32.4 Å². The molecule has 0 aliphatic heterocycles. The van der Waals surface area contributed by atoms with Crippen LogP contribution in [0.1, 0.15) is 31.1 Å². The standard InChI is InChI=1S/C13H18ClNO2/c1-13(2,3)8-15(4)12(17)10-7-9(16)5-6-11(10)14/h5-7,16H,8H2,1-4H3. The molecule has 0 saturated heterocycles. The summed E-state index contributed by atoms with van der Waals surface area (Å²) in [5.74, 6) is -0.136. The third kappa shape index (κ3) is 3.93. The molecule has 1 rings (SSSR count). The summed E-state index contributed by atoms with van der Waals surface area (Å²) >= 11 is 5.95. The van der Waals surface area contributed by atoms with Gasteiger partial charge in [-0.05, 0) is 23.6 Å². The summed E-state index contributed by atoms with van der Waals surface area (Å²) in [5, 5.41) is 9.73. The van der Waals surface area contributed by atoms with Gasteiger partial charge >= 0.3 is 0 Å². The van der Waals surface area contributed by atoms with Crippen LogP contribution in [-0.4, -0.2) is 29.5 Å². The predicted octanol–water partition coefficient (Wildman–Crippen LogP) is 3.16. The largest absolute Gasteiger partial charge is 0.508 e. The zero-order valence-electron chi connectivity index (χ0n) is 10.6. The average molecular weight is 256 g/mol. The number of hydrogen-bond donors (Lipinski definition) is 1. The van der Waals surface area contributed by atoms with Crippen LogP contribution >= 0.6 is 11.6 Å². The van der Waals surface area contributed by atoms with E-state index in [-0.39, 0.29) is 17.1 Å². The highest BCUT2D eigenvalue weighted by Crippen LogP contribution is 2.23. The first kappa shape index (κ1) is 13.8. The predicted molar refractivity (Wildman–Crippen MR) is 69.5 cm³/mol. The summed E-state index contributed by atoms with van der Waals surface area (Å²) in [4.78, 5) is 13.7. The molecule has 0 atom stereocenters. The molecule has 0 aliphatic rings. The van der Waals surface area contributed by atoms with Crippen LogP contribution in [0.3, 0.4) is 0 Å². The van der Waals surface area contributed by atoms with E-state index < -0.39 is 0 Å². The van der Waals surface area contributed by atoms with E-state index in [0.717, 1.165) is 0 Å². The number of phenols is 1. The van der Waals surface area contributed by atoms with Gasteiger partial charge in [0, 0.05) is 13.6 Å². The van der Waals surface area contributed by atoms with E-state index in [1.165, 1.54) is 18.2 Å². The molecule has 1 aromatic carbocycles. The van der Waals surface area contributed by atoms with Gasteiger partial charge in [0.05, 0.1) is 10.6 Å². The summed E-state index contributed by atoms with van der Waals surface area (Å²) in [5.41, 5.74) is 0.353. The molecule has 0 saturated carbocycles. The minimum atomic E-state index is -0.180. The van der Waals surface area contributed by atoms with Crippen LogP contribution in [0.2, 0.25) is 5.02 Å². The molecule has 4 heteroatoms. The highest BCUT2D eigenvalue weighted by molar-refractivity contribution is 6.33. The topological polar surface area (TPSA) is 40.5 Å². The minimum Gasteiger partial charge on any atom is -0.508 e. The zero-order valence-corrected chi connectivity index (χ0v) is 11.4. The van der Waals surface area contributed by atoms with Gasteiger partial charge < -0.3 is 10.0 Å². The van der Waals surface area contributed by atoms with Crippen molar-refractivity contribution in [2.45, 2.75) is 20.8 Å². The van der Waals surface area contributed by atoms with E-state index in [1.54, 1.807) is 11.9 Å². The summed E-state index contributed by atoms with van der Waals surface area (Å²) in [6, 6.07) is 4.38. The second-order valence-corrected chi connectivity index (χ2v) is 5.79. The molecule has 94 valence electrons. The number of benzene rings is 1. The van der Waals surface area contributed by atoms with E-state index in [0.29, 0.717) is 17.1 Å². The van der Waals surface area contributed by atoms with Crippen molar-refractivity contribution in [1.29, 1.82) is 0 Å². The second-order valence-electron chi connectivity index (χ2n) is 5.39. The first-order valence-electron chi connectivity index (χ1n) is 5.45. The van der Waals surface area contributed by atoms with Crippen LogP contribution in [0.15, 0.2) is 18.2 Å². The van der Waals surface area contributed by atoms with Gasteiger partial charge in [0.2, 0.25) is 0 Å². The molecule has 0 fully saturated rings. The Morgan fingerprint density at radius 3 is 2.53 bits per heavy atom. The van der Waals surface area contributed by atoms with Crippen LogP contribution in [0.4, 0.5) is 0 Å². The van der Waals surface area contributed by atoms with E-state index in [4.69, 9.17) is 11.6 Å². The molecular weight excluding hydrogens is 238 g/mol. The maximum atomic E-state index is 12.1. The van der Waals surface area contributed by atoms with Crippen molar-refractivity contribution >= 4 is 17.5 Å². The Morgan fingerprint density at radius 1 is 1.41 bits per heavy atom. The van der Waals surface area contributed by atoms with Crippen LogP contribution in [0.5, 0.6) is 5.75 Å². The minimum absolute atomic E-state index is 0.0215. The lowest BCUT2D eigenvalue weighted by atomic mass is 9.96. The van der Waals surface area contributed by atoms with Crippen molar-refractivity contribution in [2.24, 2.45) is 5.41 Å². The van der Waals surface area contributed by atoms with Crippen molar-refractivity contribution in [3.8, 4) is 5.75 Å². The van der Waals surface area contributed by atoms with E-state index in [2.05, 4.69) is 20.8 Å². The molecule has 0 bridgehead atoms. The Morgan fingerprint density at radius 2 is 2.00 bits per heavy atom. The summed E-state index contributed by atoms with van der Waals surface area (Å²) in [7, 11) is 1.73. The average Bonchev–Trinajstić information content (AvgIpc) is 2.18. The Labute approximate surface area is 107 Å². The molecule has 3 nitrogen and oxygen atoms in total. The molecule has 0 heterocycles. The van der Waals surface area contributed by atoms with Gasteiger partial charge in [0.1, 0.15) is 5.75 Å². The normalized spacial score (nSPS) is 11.4. The number of halogens is 1. The second kappa shape index (κ2) is 4.96. The highest BCUT2D eigenvalue weighted by atomic mass is 35.5. The number of rotatable bonds is 2. The molecule has 1 amide bonds. The number of nitrogens with zero attached hydrogens (tertiary/aromatic N) is 1. The van der Waals surface area contributed by atoms with E-state index in [1.807, 2.05) is 0 Å². The first-order chi connectivity index (χ1) is 7.70.